The van der Waals surface area contributed by atoms with Crippen LogP contribution in [0.15, 0.2) is 34.9 Å². The van der Waals surface area contributed by atoms with Crippen LogP contribution in [-0.4, -0.2) is 30.4 Å². The molecule has 2 aromatic rings. The Morgan fingerprint density at radius 2 is 2.06 bits per heavy atom. The van der Waals surface area contributed by atoms with Crippen LogP contribution in [0.1, 0.15) is 5.89 Å². The number of benzene rings is 1. The summed E-state index contributed by atoms with van der Waals surface area (Å²) >= 11 is 0. The van der Waals surface area contributed by atoms with Gasteiger partial charge in [-0.1, -0.05) is 35.5 Å². The molecule has 5 nitrogen and oxygen atoms in total. The molecule has 98 valence electrons. The topological polar surface area (TPSA) is 60.2 Å². The molecule has 0 saturated heterocycles. The van der Waals surface area contributed by atoms with Gasteiger partial charge in [-0.05, 0) is 0 Å². The van der Waals surface area contributed by atoms with Gasteiger partial charge in [0.05, 0.1) is 13.2 Å². The third kappa shape index (κ3) is 4.10. The van der Waals surface area contributed by atoms with Crippen molar-refractivity contribution < 1.29 is 9.26 Å². The molecule has 1 heterocycles. The van der Waals surface area contributed by atoms with Crippen LogP contribution < -0.4 is 5.32 Å². The fourth-order valence-electron chi connectivity index (χ4n) is 1.40. The second-order valence-corrected chi connectivity index (χ2v) is 3.55. The van der Waals surface area contributed by atoms with Crippen LogP contribution in [-0.2, 0) is 11.3 Å². The minimum atomic E-state index is 0. The minimum Gasteiger partial charge on any atom is -0.383 e. The van der Waals surface area contributed by atoms with E-state index in [0.29, 0.717) is 24.9 Å². The van der Waals surface area contributed by atoms with Crippen molar-refractivity contribution in [2.75, 3.05) is 20.3 Å². The average Bonchev–Trinajstić information content (AvgIpc) is 2.85. The Bertz CT molecular complexity index is 448. The van der Waals surface area contributed by atoms with E-state index < -0.39 is 0 Å². The van der Waals surface area contributed by atoms with Crippen LogP contribution in [0.3, 0.4) is 0 Å². The van der Waals surface area contributed by atoms with E-state index in [1.165, 1.54) is 0 Å². The Kier molecular flexibility index (Phi) is 6.35. The fraction of sp³-hybridized carbons (Fsp3) is 0.333. The third-order valence-electron chi connectivity index (χ3n) is 2.26. The molecule has 1 N–H and O–H groups in total. The quantitative estimate of drug-likeness (QED) is 0.812. The average molecular weight is 270 g/mol. The maximum absolute atomic E-state index is 5.13. The molecule has 0 saturated carbocycles. The van der Waals surface area contributed by atoms with E-state index in [1.807, 2.05) is 30.3 Å². The molecule has 0 aliphatic carbocycles. The summed E-state index contributed by atoms with van der Waals surface area (Å²) in [6.07, 6.45) is 0. The molecular formula is C12H16ClN3O2. The summed E-state index contributed by atoms with van der Waals surface area (Å²) in [7, 11) is 1.67. The molecule has 1 aromatic carbocycles. The van der Waals surface area contributed by atoms with Crippen molar-refractivity contribution in [2.24, 2.45) is 0 Å². The first-order valence-electron chi connectivity index (χ1n) is 5.48. The van der Waals surface area contributed by atoms with E-state index in [4.69, 9.17) is 9.26 Å². The number of aromatic nitrogens is 2. The van der Waals surface area contributed by atoms with Crippen molar-refractivity contribution in [3.05, 3.63) is 36.2 Å². The van der Waals surface area contributed by atoms with E-state index in [1.54, 1.807) is 7.11 Å². The molecule has 0 bridgehead atoms. The van der Waals surface area contributed by atoms with Gasteiger partial charge in [-0.2, -0.15) is 4.98 Å². The van der Waals surface area contributed by atoms with Crippen molar-refractivity contribution in [3.8, 4) is 11.4 Å². The lowest BCUT2D eigenvalue weighted by atomic mass is 10.2. The van der Waals surface area contributed by atoms with Gasteiger partial charge < -0.3 is 14.6 Å². The first kappa shape index (κ1) is 14.6. The number of ether oxygens (including phenoxy) is 1. The molecule has 0 aliphatic rings. The van der Waals surface area contributed by atoms with Crippen molar-refractivity contribution in [3.63, 3.8) is 0 Å². The second kappa shape index (κ2) is 7.81. The molecule has 2 rings (SSSR count). The highest BCUT2D eigenvalue weighted by Crippen LogP contribution is 2.14. The zero-order valence-corrected chi connectivity index (χ0v) is 10.9. The van der Waals surface area contributed by atoms with Crippen molar-refractivity contribution >= 4 is 12.4 Å². The highest BCUT2D eigenvalue weighted by molar-refractivity contribution is 5.85. The van der Waals surface area contributed by atoms with Gasteiger partial charge in [0.15, 0.2) is 0 Å². The molecule has 18 heavy (non-hydrogen) atoms. The molecule has 0 radical (unpaired) electrons. The third-order valence-corrected chi connectivity index (χ3v) is 2.26. The number of hydrogen-bond donors (Lipinski definition) is 1. The molecular weight excluding hydrogens is 254 g/mol. The summed E-state index contributed by atoms with van der Waals surface area (Å²) < 4.78 is 10.1. The Labute approximate surface area is 112 Å². The summed E-state index contributed by atoms with van der Waals surface area (Å²) in [5, 5.41) is 7.07. The van der Waals surface area contributed by atoms with E-state index >= 15 is 0 Å². The standard InChI is InChI=1S/C12H15N3O2.ClH/c1-16-8-7-13-9-11-14-12(15-17-11)10-5-3-2-4-6-10;/h2-6,13H,7-9H2,1H3;1H. The number of methoxy groups -OCH3 is 1. The minimum absolute atomic E-state index is 0. The van der Waals surface area contributed by atoms with Crippen molar-refractivity contribution in [1.29, 1.82) is 0 Å². The zero-order chi connectivity index (χ0) is 11.9. The van der Waals surface area contributed by atoms with Crippen LogP contribution in [0, 0.1) is 0 Å². The Balaban J connectivity index is 0.00000162. The largest absolute Gasteiger partial charge is 0.383 e. The van der Waals surface area contributed by atoms with Gasteiger partial charge in [0.2, 0.25) is 11.7 Å². The first-order chi connectivity index (χ1) is 8.40. The van der Waals surface area contributed by atoms with Gasteiger partial charge in [-0.25, -0.2) is 0 Å². The molecule has 0 aliphatic heterocycles. The monoisotopic (exact) mass is 269 g/mol. The number of rotatable bonds is 6. The van der Waals surface area contributed by atoms with Gasteiger partial charge in [0, 0.05) is 19.2 Å². The van der Waals surface area contributed by atoms with E-state index in [0.717, 1.165) is 12.1 Å². The van der Waals surface area contributed by atoms with Gasteiger partial charge in [-0.3, -0.25) is 0 Å². The Morgan fingerprint density at radius 3 is 2.78 bits per heavy atom. The smallest absolute Gasteiger partial charge is 0.240 e. The van der Waals surface area contributed by atoms with Crippen LogP contribution in [0.5, 0.6) is 0 Å². The van der Waals surface area contributed by atoms with Crippen LogP contribution >= 0.6 is 12.4 Å². The lowest BCUT2D eigenvalue weighted by Crippen LogP contribution is -2.18. The lowest BCUT2D eigenvalue weighted by molar-refractivity contribution is 0.197. The number of halogens is 1. The van der Waals surface area contributed by atoms with E-state index in [-0.39, 0.29) is 12.4 Å². The molecule has 6 heteroatoms. The van der Waals surface area contributed by atoms with Gasteiger partial charge in [0.1, 0.15) is 0 Å². The Hall–Kier alpha value is -1.43. The molecule has 0 amide bonds. The normalized spacial score (nSPS) is 10.1. The highest BCUT2D eigenvalue weighted by atomic mass is 35.5. The second-order valence-electron chi connectivity index (χ2n) is 3.55. The first-order valence-corrected chi connectivity index (χ1v) is 5.48. The number of nitrogens with zero attached hydrogens (tertiary/aromatic N) is 2. The summed E-state index contributed by atoms with van der Waals surface area (Å²) in [6.45, 7) is 1.99. The van der Waals surface area contributed by atoms with Crippen LogP contribution in [0.4, 0.5) is 0 Å². The van der Waals surface area contributed by atoms with E-state index in [2.05, 4.69) is 15.5 Å². The fourth-order valence-corrected chi connectivity index (χ4v) is 1.40. The molecule has 0 fully saturated rings. The molecule has 1 aromatic heterocycles. The predicted molar refractivity (Wildman–Crippen MR) is 70.6 cm³/mol. The van der Waals surface area contributed by atoms with Gasteiger partial charge in [-0.15, -0.1) is 12.4 Å². The molecule has 0 unspecified atom stereocenters. The zero-order valence-electron chi connectivity index (χ0n) is 10.1. The summed E-state index contributed by atoms with van der Waals surface area (Å²) in [5.74, 6) is 1.20. The predicted octanol–water partition coefficient (Wildman–Crippen LogP) is 1.89. The van der Waals surface area contributed by atoms with E-state index in [9.17, 15) is 0 Å². The number of nitrogens with one attached hydrogen (secondary N) is 1. The maximum atomic E-state index is 5.13. The van der Waals surface area contributed by atoms with Crippen molar-refractivity contribution in [2.45, 2.75) is 6.54 Å². The summed E-state index contributed by atoms with van der Waals surface area (Å²) in [4.78, 5) is 4.30. The van der Waals surface area contributed by atoms with Crippen LogP contribution in [0.2, 0.25) is 0 Å². The Morgan fingerprint density at radius 1 is 1.28 bits per heavy atom. The SMILES string of the molecule is COCCNCc1nc(-c2ccccc2)no1.Cl. The van der Waals surface area contributed by atoms with Gasteiger partial charge >= 0.3 is 0 Å². The van der Waals surface area contributed by atoms with Gasteiger partial charge in [0.25, 0.3) is 0 Å². The molecule has 0 spiro atoms. The number of hydrogen-bond acceptors (Lipinski definition) is 5. The highest BCUT2D eigenvalue weighted by Gasteiger charge is 2.06. The molecule has 0 atom stereocenters. The maximum Gasteiger partial charge on any atom is 0.240 e. The summed E-state index contributed by atoms with van der Waals surface area (Å²) in [6, 6.07) is 9.75. The van der Waals surface area contributed by atoms with Crippen molar-refractivity contribution in [1.82, 2.24) is 15.5 Å². The lowest BCUT2D eigenvalue weighted by Gasteiger charge is -1.98. The summed E-state index contributed by atoms with van der Waals surface area (Å²) in [5.41, 5.74) is 0.958. The van der Waals surface area contributed by atoms with Crippen LogP contribution in [0.25, 0.3) is 11.4 Å².